The zero-order chi connectivity index (χ0) is 18.9. The number of aromatic nitrogens is 3. The lowest BCUT2D eigenvalue weighted by Crippen LogP contribution is -2.17. The second-order valence-electron chi connectivity index (χ2n) is 6.15. The van der Waals surface area contributed by atoms with Gasteiger partial charge in [0.1, 0.15) is 0 Å². The Morgan fingerprint density at radius 2 is 2.04 bits per heavy atom. The van der Waals surface area contributed by atoms with Crippen molar-refractivity contribution in [3.8, 4) is 28.6 Å². The van der Waals surface area contributed by atoms with E-state index < -0.39 is 6.23 Å². The zero-order valence-electron chi connectivity index (χ0n) is 14.8. The van der Waals surface area contributed by atoms with Gasteiger partial charge in [0.2, 0.25) is 17.8 Å². The molecule has 1 atom stereocenters. The van der Waals surface area contributed by atoms with Gasteiger partial charge in [-0.2, -0.15) is 4.98 Å². The standard InChI is InChI=1S/C20H16N4O3S/c1-2-9-28-20-22-19-17(23-24-20)13-5-3-4-6-14(13)21-18(27-19)12-7-8-15-16(10-12)26-11-25-15/h2-8,10,18,21H,1,9,11H2/t18-/m0/s1. The summed E-state index contributed by atoms with van der Waals surface area (Å²) < 4.78 is 17.2. The van der Waals surface area contributed by atoms with Gasteiger partial charge in [-0.1, -0.05) is 36.0 Å². The molecule has 3 heterocycles. The van der Waals surface area contributed by atoms with Crippen LogP contribution in [0.5, 0.6) is 17.4 Å². The van der Waals surface area contributed by atoms with E-state index in [1.165, 1.54) is 11.8 Å². The molecule has 0 aliphatic carbocycles. The minimum Gasteiger partial charge on any atom is -0.454 e. The molecule has 8 heteroatoms. The van der Waals surface area contributed by atoms with Crippen molar-refractivity contribution in [3.63, 3.8) is 0 Å². The van der Waals surface area contributed by atoms with Gasteiger partial charge in [-0.05, 0) is 24.3 Å². The lowest BCUT2D eigenvalue weighted by molar-refractivity contribution is 0.173. The maximum Gasteiger partial charge on any atom is 0.247 e. The highest BCUT2D eigenvalue weighted by atomic mass is 32.2. The Morgan fingerprint density at radius 3 is 2.96 bits per heavy atom. The fraction of sp³-hybridized carbons (Fsp3) is 0.150. The molecular weight excluding hydrogens is 376 g/mol. The Bertz CT molecular complexity index is 1060. The third-order valence-corrected chi connectivity index (χ3v) is 5.20. The number of anilines is 1. The van der Waals surface area contributed by atoms with E-state index in [2.05, 4.69) is 27.1 Å². The van der Waals surface area contributed by atoms with Crippen molar-refractivity contribution in [2.75, 3.05) is 17.9 Å². The van der Waals surface area contributed by atoms with Gasteiger partial charge in [0.15, 0.2) is 23.4 Å². The first-order valence-electron chi connectivity index (χ1n) is 8.72. The molecule has 7 nitrogen and oxygen atoms in total. The van der Waals surface area contributed by atoms with Crippen molar-refractivity contribution < 1.29 is 14.2 Å². The molecule has 0 saturated carbocycles. The zero-order valence-corrected chi connectivity index (χ0v) is 15.6. The minimum absolute atomic E-state index is 0.227. The molecule has 2 aliphatic rings. The van der Waals surface area contributed by atoms with Crippen LogP contribution >= 0.6 is 11.8 Å². The highest BCUT2D eigenvalue weighted by molar-refractivity contribution is 7.99. The van der Waals surface area contributed by atoms with Gasteiger partial charge < -0.3 is 19.5 Å². The number of hydrogen-bond donors (Lipinski definition) is 1. The second-order valence-corrected chi connectivity index (χ2v) is 7.14. The number of rotatable bonds is 4. The molecule has 0 amide bonds. The molecule has 0 saturated heterocycles. The molecular formula is C20H16N4O3S. The van der Waals surface area contributed by atoms with Crippen molar-refractivity contribution in [2.45, 2.75) is 11.4 Å². The Kier molecular flexibility index (Phi) is 4.25. The molecule has 0 fully saturated rings. The molecule has 1 N–H and O–H groups in total. The van der Waals surface area contributed by atoms with E-state index in [9.17, 15) is 0 Å². The number of fused-ring (bicyclic) bond motifs is 4. The maximum atomic E-state index is 6.25. The van der Waals surface area contributed by atoms with E-state index in [4.69, 9.17) is 14.2 Å². The maximum absolute atomic E-state index is 6.25. The fourth-order valence-electron chi connectivity index (χ4n) is 3.07. The number of nitrogens with one attached hydrogen (secondary N) is 1. The first-order chi connectivity index (χ1) is 13.8. The van der Waals surface area contributed by atoms with E-state index in [0.717, 1.165) is 22.6 Å². The number of nitrogens with zero attached hydrogens (tertiary/aromatic N) is 3. The summed E-state index contributed by atoms with van der Waals surface area (Å²) in [5.41, 5.74) is 3.28. The number of benzene rings is 2. The van der Waals surface area contributed by atoms with Gasteiger partial charge in [-0.25, -0.2) is 0 Å². The average Bonchev–Trinajstić information content (AvgIpc) is 3.13. The van der Waals surface area contributed by atoms with Crippen LogP contribution in [0.3, 0.4) is 0 Å². The van der Waals surface area contributed by atoms with Crippen LogP contribution in [0.1, 0.15) is 11.8 Å². The normalized spacial score (nSPS) is 16.2. The number of ether oxygens (including phenoxy) is 3. The van der Waals surface area contributed by atoms with E-state index in [-0.39, 0.29) is 6.79 Å². The highest BCUT2D eigenvalue weighted by Crippen LogP contribution is 2.41. The Labute approximate surface area is 165 Å². The van der Waals surface area contributed by atoms with Crippen molar-refractivity contribution in [1.82, 2.24) is 15.2 Å². The molecule has 0 radical (unpaired) electrons. The monoisotopic (exact) mass is 392 g/mol. The SMILES string of the molecule is C=CCSc1nnc2c(n1)O[C@@H](c1ccc3c(c1)OCO3)Nc1ccccc1-2. The van der Waals surface area contributed by atoms with Crippen LogP contribution in [-0.4, -0.2) is 27.7 Å². The van der Waals surface area contributed by atoms with Crippen LogP contribution < -0.4 is 19.5 Å². The third-order valence-electron chi connectivity index (χ3n) is 4.36. The Morgan fingerprint density at radius 1 is 1.14 bits per heavy atom. The molecule has 28 heavy (non-hydrogen) atoms. The third kappa shape index (κ3) is 3.01. The van der Waals surface area contributed by atoms with E-state index in [1.807, 2.05) is 42.5 Å². The van der Waals surface area contributed by atoms with Gasteiger partial charge in [0.25, 0.3) is 0 Å². The highest BCUT2D eigenvalue weighted by Gasteiger charge is 2.27. The largest absolute Gasteiger partial charge is 0.454 e. The molecule has 140 valence electrons. The second kappa shape index (κ2) is 7.05. The topological polar surface area (TPSA) is 78.4 Å². The van der Waals surface area contributed by atoms with Crippen molar-refractivity contribution in [3.05, 3.63) is 60.7 Å². The quantitative estimate of drug-likeness (QED) is 0.526. The number of hydrogen-bond acceptors (Lipinski definition) is 8. The predicted molar refractivity (Wildman–Crippen MR) is 106 cm³/mol. The van der Waals surface area contributed by atoms with Crippen LogP contribution in [0, 0.1) is 0 Å². The summed E-state index contributed by atoms with van der Waals surface area (Å²) in [7, 11) is 0. The van der Waals surface area contributed by atoms with Gasteiger partial charge in [-0.3, -0.25) is 0 Å². The fourth-order valence-corrected chi connectivity index (χ4v) is 3.58. The summed E-state index contributed by atoms with van der Waals surface area (Å²) in [5, 5.41) is 12.6. The van der Waals surface area contributed by atoms with Gasteiger partial charge in [0, 0.05) is 22.6 Å². The lowest BCUT2D eigenvalue weighted by Gasteiger charge is -2.19. The Balaban J connectivity index is 1.58. The first kappa shape index (κ1) is 16.9. The number of thioether (sulfide) groups is 1. The smallest absolute Gasteiger partial charge is 0.247 e. The van der Waals surface area contributed by atoms with E-state index in [0.29, 0.717) is 28.2 Å². The summed E-state index contributed by atoms with van der Waals surface area (Å²) in [5.74, 6) is 2.55. The molecule has 1 aromatic heterocycles. The molecule has 0 spiro atoms. The van der Waals surface area contributed by atoms with Crippen molar-refractivity contribution >= 4 is 17.4 Å². The molecule has 3 aromatic rings. The van der Waals surface area contributed by atoms with Crippen molar-refractivity contribution in [1.29, 1.82) is 0 Å². The summed E-state index contributed by atoms with van der Waals surface area (Å²) in [6, 6.07) is 13.6. The van der Waals surface area contributed by atoms with Crippen LogP contribution in [0.4, 0.5) is 5.69 Å². The summed E-state index contributed by atoms with van der Waals surface area (Å²) >= 11 is 1.45. The first-order valence-corrected chi connectivity index (χ1v) is 9.71. The summed E-state index contributed by atoms with van der Waals surface area (Å²) in [6.07, 6.45) is 1.33. The number of para-hydroxylation sites is 1. The van der Waals surface area contributed by atoms with Crippen molar-refractivity contribution in [2.24, 2.45) is 0 Å². The van der Waals surface area contributed by atoms with Gasteiger partial charge in [0.05, 0.1) is 0 Å². The van der Waals surface area contributed by atoms with Crippen LogP contribution in [0.25, 0.3) is 11.3 Å². The molecule has 0 bridgehead atoms. The lowest BCUT2D eigenvalue weighted by atomic mass is 10.1. The minimum atomic E-state index is -0.467. The van der Waals surface area contributed by atoms with Gasteiger partial charge >= 0.3 is 0 Å². The summed E-state index contributed by atoms with van der Waals surface area (Å²) in [4.78, 5) is 4.58. The van der Waals surface area contributed by atoms with Crippen LogP contribution in [-0.2, 0) is 0 Å². The molecule has 2 aromatic carbocycles. The van der Waals surface area contributed by atoms with E-state index >= 15 is 0 Å². The average molecular weight is 392 g/mol. The molecule has 2 aliphatic heterocycles. The van der Waals surface area contributed by atoms with Crippen LogP contribution in [0.2, 0.25) is 0 Å². The predicted octanol–water partition coefficient (Wildman–Crippen LogP) is 4.05. The molecule has 0 unspecified atom stereocenters. The summed E-state index contributed by atoms with van der Waals surface area (Å²) in [6.45, 7) is 3.95. The Hall–Kier alpha value is -3.26. The van der Waals surface area contributed by atoms with E-state index in [1.54, 1.807) is 6.08 Å². The van der Waals surface area contributed by atoms with Gasteiger partial charge in [-0.15, -0.1) is 16.8 Å². The molecule has 5 rings (SSSR count). The van der Waals surface area contributed by atoms with Crippen LogP contribution in [0.15, 0.2) is 60.3 Å².